The van der Waals surface area contributed by atoms with Crippen molar-refractivity contribution in [2.75, 3.05) is 20.2 Å². The summed E-state index contributed by atoms with van der Waals surface area (Å²) in [5.41, 5.74) is 0.676. The molecule has 1 unspecified atom stereocenters. The lowest BCUT2D eigenvalue weighted by molar-refractivity contribution is 0.0723. The molecule has 92 valence electrons. The Balaban J connectivity index is 2.17. The molecule has 0 radical (unpaired) electrons. The molecule has 2 rings (SSSR count). The Hall–Kier alpha value is -0.330. The third-order valence-electron chi connectivity index (χ3n) is 2.92. The molecule has 0 N–H and O–H groups in total. The van der Waals surface area contributed by atoms with E-state index in [0.29, 0.717) is 17.1 Å². The van der Waals surface area contributed by atoms with Gasteiger partial charge in [0.1, 0.15) is 0 Å². The molecular formula is C12H13ClINO2. The van der Waals surface area contributed by atoms with Gasteiger partial charge in [-0.1, -0.05) is 11.6 Å². The van der Waals surface area contributed by atoms with Gasteiger partial charge in [0.15, 0.2) is 0 Å². The summed E-state index contributed by atoms with van der Waals surface area (Å²) in [7, 11) is 1.68. The molecule has 1 aliphatic heterocycles. The normalized spacial score (nSPS) is 19.7. The second kappa shape index (κ2) is 5.54. The van der Waals surface area contributed by atoms with Gasteiger partial charge in [-0.2, -0.15) is 0 Å². The standard InChI is InChI=1S/C12H13ClINO2/c1-17-9-4-5-15(7-9)12(16)10-6-8(13)2-3-11(10)14/h2-3,6,9H,4-5,7H2,1H3. The van der Waals surface area contributed by atoms with Crippen molar-refractivity contribution in [2.24, 2.45) is 0 Å². The highest BCUT2D eigenvalue weighted by molar-refractivity contribution is 14.1. The predicted molar refractivity (Wildman–Crippen MR) is 75.5 cm³/mol. The highest BCUT2D eigenvalue weighted by Crippen LogP contribution is 2.22. The van der Waals surface area contributed by atoms with Crippen LogP contribution in [-0.2, 0) is 4.74 Å². The molecule has 17 heavy (non-hydrogen) atoms. The number of nitrogens with zero attached hydrogens (tertiary/aromatic N) is 1. The third kappa shape index (κ3) is 2.92. The Labute approximate surface area is 119 Å². The number of methoxy groups -OCH3 is 1. The molecule has 1 aliphatic rings. The number of carbonyl (C=O) groups excluding carboxylic acids is 1. The van der Waals surface area contributed by atoms with E-state index < -0.39 is 0 Å². The van der Waals surface area contributed by atoms with Gasteiger partial charge in [-0.3, -0.25) is 4.79 Å². The lowest BCUT2D eigenvalue weighted by atomic mass is 10.2. The van der Waals surface area contributed by atoms with E-state index >= 15 is 0 Å². The van der Waals surface area contributed by atoms with Crippen LogP contribution in [0.1, 0.15) is 16.8 Å². The van der Waals surface area contributed by atoms with Crippen molar-refractivity contribution in [2.45, 2.75) is 12.5 Å². The number of likely N-dealkylation sites (tertiary alicyclic amines) is 1. The zero-order valence-electron chi connectivity index (χ0n) is 9.45. The topological polar surface area (TPSA) is 29.5 Å². The zero-order chi connectivity index (χ0) is 12.4. The van der Waals surface area contributed by atoms with Crippen molar-refractivity contribution in [1.29, 1.82) is 0 Å². The zero-order valence-corrected chi connectivity index (χ0v) is 12.4. The molecule has 1 heterocycles. The summed E-state index contributed by atoms with van der Waals surface area (Å²) in [6, 6.07) is 5.38. The van der Waals surface area contributed by atoms with Crippen LogP contribution in [0.3, 0.4) is 0 Å². The Morgan fingerprint density at radius 2 is 2.35 bits per heavy atom. The van der Waals surface area contributed by atoms with Gasteiger partial charge in [-0.15, -0.1) is 0 Å². The van der Waals surface area contributed by atoms with Crippen molar-refractivity contribution in [3.8, 4) is 0 Å². The molecule has 1 atom stereocenters. The van der Waals surface area contributed by atoms with Crippen LogP contribution in [0.25, 0.3) is 0 Å². The van der Waals surface area contributed by atoms with Crippen molar-refractivity contribution in [3.63, 3.8) is 0 Å². The number of benzene rings is 1. The van der Waals surface area contributed by atoms with Gasteiger partial charge in [-0.05, 0) is 47.2 Å². The second-order valence-corrected chi connectivity index (χ2v) is 5.62. The molecular weight excluding hydrogens is 352 g/mol. The lowest BCUT2D eigenvalue weighted by Gasteiger charge is -2.17. The molecule has 0 aromatic heterocycles. The van der Waals surface area contributed by atoms with Crippen LogP contribution in [0.15, 0.2) is 18.2 Å². The van der Waals surface area contributed by atoms with Gasteiger partial charge < -0.3 is 9.64 Å². The second-order valence-electron chi connectivity index (χ2n) is 4.02. The summed E-state index contributed by atoms with van der Waals surface area (Å²) in [6.07, 6.45) is 1.06. The van der Waals surface area contributed by atoms with Crippen molar-refractivity contribution in [3.05, 3.63) is 32.4 Å². The first kappa shape index (κ1) is 13.1. The predicted octanol–water partition coefficient (Wildman–Crippen LogP) is 2.81. The highest BCUT2D eigenvalue weighted by atomic mass is 127. The maximum Gasteiger partial charge on any atom is 0.255 e. The molecule has 1 fully saturated rings. The first-order valence-electron chi connectivity index (χ1n) is 5.39. The van der Waals surface area contributed by atoms with Crippen molar-refractivity contribution >= 4 is 40.1 Å². The van der Waals surface area contributed by atoms with Gasteiger partial charge in [0, 0.05) is 28.8 Å². The van der Waals surface area contributed by atoms with Crippen LogP contribution >= 0.6 is 34.2 Å². The quantitative estimate of drug-likeness (QED) is 0.754. The van der Waals surface area contributed by atoms with Gasteiger partial charge in [-0.25, -0.2) is 0 Å². The van der Waals surface area contributed by atoms with Crippen LogP contribution < -0.4 is 0 Å². The summed E-state index contributed by atoms with van der Waals surface area (Å²) < 4.78 is 6.19. The molecule has 0 spiro atoms. The number of rotatable bonds is 2. The molecule has 1 aromatic carbocycles. The minimum Gasteiger partial charge on any atom is -0.380 e. The number of ether oxygens (including phenoxy) is 1. The maximum absolute atomic E-state index is 12.3. The van der Waals surface area contributed by atoms with Gasteiger partial charge >= 0.3 is 0 Å². The number of hydrogen-bond acceptors (Lipinski definition) is 2. The fourth-order valence-electron chi connectivity index (χ4n) is 1.94. The van der Waals surface area contributed by atoms with E-state index in [0.717, 1.165) is 16.5 Å². The number of halogens is 2. The van der Waals surface area contributed by atoms with Crippen LogP contribution in [0.2, 0.25) is 5.02 Å². The third-order valence-corrected chi connectivity index (χ3v) is 4.10. The molecule has 1 aromatic rings. The molecule has 0 aliphatic carbocycles. The SMILES string of the molecule is COC1CCN(C(=O)c2cc(Cl)ccc2I)C1. The first-order valence-corrected chi connectivity index (χ1v) is 6.84. The maximum atomic E-state index is 12.3. The summed E-state index contributed by atoms with van der Waals surface area (Å²) >= 11 is 8.08. The van der Waals surface area contributed by atoms with E-state index in [2.05, 4.69) is 22.6 Å². The molecule has 0 bridgehead atoms. The Morgan fingerprint density at radius 3 is 3.00 bits per heavy atom. The van der Waals surface area contributed by atoms with E-state index in [1.165, 1.54) is 0 Å². The Kier molecular flexibility index (Phi) is 4.27. The molecule has 3 nitrogen and oxygen atoms in total. The van der Waals surface area contributed by atoms with E-state index in [1.807, 2.05) is 11.0 Å². The fourth-order valence-corrected chi connectivity index (χ4v) is 2.68. The van der Waals surface area contributed by atoms with Crippen molar-refractivity contribution < 1.29 is 9.53 Å². The molecule has 5 heteroatoms. The minimum absolute atomic E-state index is 0.0384. The lowest BCUT2D eigenvalue weighted by Crippen LogP contribution is -2.30. The molecule has 1 saturated heterocycles. The Bertz CT molecular complexity index is 439. The fraction of sp³-hybridized carbons (Fsp3) is 0.417. The minimum atomic E-state index is 0.0384. The van der Waals surface area contributed by atoms with E-state index in [9.17, 15) is 4.79 Å². The van der Waals surface area contributed by atoms with Gasteiger partial charge in [0.2, 0.25) is 0 Å². The van der Waals surface area contributed by atoms with Crippen LogP contribution in [-0.4, -0.2) is 37.1 Å². The largest absolute Gasteiger partial charge is 0.380 e. The van der Waals surface area contributed by atoms with Gasteiger partial charge in [0.25, 0.3) is 5.91 Å². The van der Waals surface area contributed by atoms with E-state index in [-0.39, 0.29) is 12.0 Å². The monoisotopic (exact) mass is 365 g/mol. The summed E-state index contributed by atoms with van der Waals surface area (Å²) in [4.78, 5) is 14.1. The van der Waals surface area contributed by atoms with E-state index in [1.54, 1.807) is 19.2 Å². The van der Waals surface area contributed by atoms with Crippen molar-refractivity contribution in [1.82, 2.24) is 4.90 Å². The Morgan fingerprint density at radius 1 is 1.59 bits per heavy atom. The summed E-state index contributed by atoms with van der Waals surface area (Å²) in [5.74, 6) is 0.0384. The average Bonchev–Trinajstić information content (AvgIpc) is 2.80. The van der Waals surface area contributed by atoms with E-state index in [4.69, 9.17) is 16.3 Å². The van der Waals surface area contributed by atoms with Crippen LogP contribution in [0.5, 0.6) is 0 Å². The summed E-state index contributed by atoms with van der Waals surface area (Å²) in [6.45, 7) is 1.41. The van der Waals surface area contributed by atoms with Crippen LogP contribution in [0.4, 0.5) is 0 Å². The highest BCUT2D eigenvalue weighted by Gasteiger charge is 2.27. The average molecular weight is 366 g/mol. The molecule has 0 saturated carbocycles. The summed E-state index contributed by atoms with van der Waals surface area (Å²) in [5, 5.41) is 0.594. The smallest absolute Gasteiger partial charge is 0.255 e. The number of carbonyl (C=O) groups is 1. The number of amides is 1. The van der Waals surface area contributed by atoms with Gasteiger partial charge in [0.05, 0.1) is 11.7 Å². The molecule has 1 amide bonds. The first-order chi connectivity index (χ1) is 8.11. The van der Waals surface area contributed by atoms with Crippen LogP contribution in [0, 0.1) is 3.57 Å². The number of hydrogen-bond donors (Lipinski definition) is 0.